The third-order valence-electron chi connectivity index (χ3n) is 4.47. The summed E-state index contributed by atoms with van der Waals surface area (Å²) in [7, 11) is 0. The van der Waals surface area contributed by atoms with E-state index in [2.05, 4.69) is 0 Å². The number of hydrogen-bond donors (Lipinski definition) is 1. The molecule has 0 aliphatic heterocycles. The number of fused-ring (bicyclic) bond motifs is 1. The van der Waals surface area contributed by atoms with Gasteiger partial charge in [-0.2, -0.15) is 0 Å². The van der Waals surface area contributed by atoms with Crippen molar-refractivity contribution >= 4 is 0 Å². The fraction of sp³-hybridized carbons (Fsp3) is 0.571. The van der Waals surface area contributed by atoms with Crippen LogP contribution in [0.15, 0.2) is 18.2 Å². The van der Waals surface area contributed by atoms with E-state index in [1.165, 1.54) is 37.8 Å². The molecule has 2 aliphatic carbocycles. The quantitative estimate of drug-likeness (QED) is 0.840. The first kappa shape index (κ1) is 11.1. The van der Waals surface area contributed by atoms with E-state index in [1.54, 1.807) is 0 Å². The van der Waals surface area contributed by atoms with Gasteiger partial charge in [0, 0.05) is 11.6 Å². The van der Waals surface area contributed by atoms with Gasteiger partial charge in [-0.3, -0.25) is 0 Å². The molecule has 0 heterocycles. The highest BCUT2D eigenvalue weighted by Crippen LogP contribution is 2.58. The van der Waals surface area contributed by atoms with Gasteiger partial charge in [-0.15, -0.1) is 0 Å². The molecule has 2 N–H and O–H groups in total. The Labute approximate surface area is 100 Å². The van der Waals surface area contributed by atoms with E-state index >= 15 is 0 Å². The fourth-order valence-corrected chi connectivity index (χ4v) is 3.63. The van der Waals surface area contributed by atoms with Gasteiger partial charge in [-0.1, -0.05) is 12.8 Å². The van der Waals surface area contributed by atoms with Gasteiger partial charge in [0.05, 0.1) is 0 Å². The lowest BCUT2D eigenvalue weighted by molar-refractivity contribution is 0.480. The van der Waals surface area contributed by atoms with Crippen LogP contribution < -0.4 is 5.73 Å². The Morgan fingerprint density at radius 1 is 1.06 bits per heavy atom. The van der Waals surface area contributed by atoms with Crippen molar-refractivity contribution in [2.24, 2.45) is 17.6 Å². The molecule has 2 saturated carbocycles. The predicted molar refractivity (Wildman–Crippen MR) is 62.4 cm³/mol. The van der Waals surface area contributed by atoms with Crippen molar-refractivity contribution < 1.29 is 8.78 Å². The van der Waals surface area contributed by atoms with Crippen molar-refractivity contribution in [3.8, 4) is 0 Å². The van der Waals surface area contributed by atoms with Crippen LogP contribution in [0.4, 0.5) is 8.78 Å². The minimum Gasteiger partial charge on any atom is -0.324 e. The first-order valence-corrected chi connectivity index (χ1v) is 6.33. The number of hydrogen-bond acceptors (Lipinski definition) is 1. The van der Waals surface area contributed by atoms with E-state index in [0.717, 1.165) is 6.07 Å². The average molecular weight is 237 g/mol. The molecule has 92 valence electrons. The van der Waals surface area contributed by atoms with Crippen molar-refractivity contribution in [2.75, 3.05) is 0 Å². The Balaban J connectivity index is 1.79. The van der Waals surface area contributed by atoms with Crippen LogP contribution in [0.25, 0.3) is 0 Å². The van der Waals surface area contributed by atoms with E-state index in [1.807, 2.05) is 0 Å². The standard InChI is InChI=1S/C14H17F2N/c15-10-5-9(6-11(16)7-10)8-14(17)12-3-1-2-4-13(12)14/h5-7,12-13H,1-4,8,17H2. The molecule has 0 saturated heterocycles. The van der Waals surface area contributed by atoms with Crippen LogP contribution in [0.2, 0.25) is 0 Å². The van der Waals surface area contributed by atoms with Crippen molar-refractivity contribution in [3.05, 3.63) is 35.4 Å². The molecule has 0 radical (unpaired) electrons. The van der Waals surface area contributed by atoms with E-state index in [-0.39, 0.29) is 5.54 Å². The van der Waals surface area contributed by atoms with Gasteiger partial charge in [0.2, 0.25) is 0 Å². The van der Waals surface area contributed by atoms with Crippen molar-refractivity contribution in [1.82, 2.24) is 0 Å². The summed E-state index contributed by atoms with van der Waals surface area (Å²) in [5, 5.41) is 0. The molecule has 17 heavy (non-hydrogen) atoms. The zero-order valence-electron chi connectivity index (χ0n) is 9.76. The van der Waals surface area contributed by atoms with Gasteiger partial charge in [0.15, 0.2) is 0 Å². The summed E-state index contributed by atoms with van der Waals surface area (Å²) in [4.78, 5) is 0. The Morgan fingerprint density at radius 2 is 1.59 bits per heavy atom. The Hall–Kier alpha value is -0.960. The molecule has 0 aromatic heterocycles. The van der Waals surface area contributed by atoms with E-state index in [9.17, 15) is 8.78 Å². The van der Waals surface area contributed by atoms with Crippen LogP contribution in [-0.4, -0.2) is 5.54 Å². The minimum atomic E-state index is -0.507. The molecule has 0 spiro atoms. The molecule has 0 amide bonds. The summed E-state index contributed by atoms with van der Waals surface area (Å²) in [6.45, 7) is 0. The van der Waals surface area contributed by atoms with Gasteiger partial charge in [-0.25, -0.2) is 8.78 Å². The zero-order chi connectivity index (χ0) is 12.0. The van der Waals surface area contributed by atoms with Crippen LogP contribution in [0.3, 0.4) is 0 Å². The molecule has 2 fully saturated rings. The molecule has 0 bridgehead atoms. The minimum absolute atomic E-state index is 0.198. The van der Waals surface area contributed by atoms with E-state index < -0.39 is 11.6 Å². The summed E-state index contributed by atoms with van der Waals surface area (Å²) >= 11 is 0. The largest absolute Gasteiger partial charge is 0.324 e. The zero-order valence-corrected chi connectivity index (χ0v) is 9.76. The molecule has 2 atom stereocenters. The average Bonchev–Trinajstić information content (AvgIpc) is 2.83. The summed E-state index contributed by atoms with van der Waals surface area (Å²) in [6, 6.07) is 3.72. The third kappa shape index (κ3) is 1.86. The lowest BCUT2D eigenvalue weighted by Gasteiger charge is -2.12. The van der Waals surface area contributed by atoms with Crippen molar-refractivity contribution in [3.63, 3.8) is 0 Å². The highest BCUT2D eigenvalue weighted by molar-refractivity contribution is 5.27. The van der Waals surface area contributed by atoms with Crippen LogP contribution in [0.5, 0.6) is 0 Å². The van der Waals surface area contributed by atoms with Gasteiger partial charge in [0.25, 0.3) is 0 Å². The Morgan fingerprint density at radius 3 is 2.12 bits per heavy atom. The smallest absolute Gasteiger partial charge is 0.126 e. The van der Waals surface area contributed by atoms with Crippen LogP contribution in [-0.2, 0) is 6.42 Å². The molecule has 2 unspecified atom stereocenters. The topological polar surface area (TPSA) is 26.0 Å². The number of rotatable bonds is 2. The number of halogens is 2. The fourth-order valence-electron chi connectivity index (χ4n) is 3.63. The van der Waals surface area contributed by atoms with Gasteiger partial charge in [-0.05, 0) is 48.8 Å². The van der Waals surface area contributed by atoms with Gasteiger partial charge >= 0.3 is 0 Å². The van der Waals surface area contributed by atoms with E-state index in [0.29, 0.717) is 23.8 Å². The molecule has 1 aromatic rings. The van der Waals surface area contributed by atoms with Crippen molar-refractivity contribution in [2.45, 2.75) is 37.6 Å². The first-order chi connectivity index (χ1) is 8.09. The van der Waals surface area contributed by atoms with Gasteiger partial charge in [0.1, 0.15) is 11.6 Å². The number of nitrogens with two attached hydrogens (primary N) is 1. The van der Waals surface area contributed by atoms with Crippen LogP contribution >= 0.6 is 0 Å². The summed E-state index contributed by atoms with van der Waals surface area (Å²) in [5.74, 6) is 0.129. The second kappa shape index (κ2) is 3.77. The molecule has 1 aromatic carbocycles. The SMILES string of the molecule is NC1(Cc2cc(F)cc(F)c2)C2CCCCC21. The first-order valence-electron chi connectivity index (χ1n) is 6.33. The maximum Gasteiger partial charge on any atom is 0.126 e. The highest BCUT2D eigenvalue weighted by atomic mass is 19.1. The maximum atomic E-state index is 13.1. The molecular weight excluding hydrogens is 220 g/mol. The molecule has 1 nitrogen and oxygen atoms in total. The normalized spacial score (nSPS) is 35.5. The van der Waals surface area contributed by atoms with E-state index in [4.69, 9.17) is 5.73 Å². The maximum absolute atomic E-state index is 13.1. The molecule has 2 aliphatic rings. The van der Waals surface area contributed by atoms with Crippen LogP contribution in [0.1, 0.15) is 31.2 Å². The lowest BCUT2D eigenvalue weighted by atomic mass is 10.0. The lowest BCUT2D eigenvalue weighted by Crippen LogP contribution is -2.29. The predicted octanol–water partition coefficient (Wildman–Crippen LogP) is 3.02. The Bertz CT molecular complexity index is 412. The summed E-state index contributed by atoms with van der Waals surface area (Å²) in [6.07, 6.45) is 5.46. The highest BCUT2D eigenvalue weighted by Gasteiger charge is 2.61. The second-order valence-corrected chi connectivity index (χ2v) is 5.56. The number of benzene rings is 1. The van der Waals surface area contributed by atoms with Gasteiger partial charge < -0.3 is 5.73 Å². The molecule has 3 heteroatoms. The Kier molecular flexibility index (Phi) is 2.47. The molecular formula is C14H17F2N. The third-order valence-corrected chi connectivity index (χ3v) is 4.47. The monoisotopic (exact) mass is 237 g/mol. The summed E-state index contributed by atoms with van der Waals surface area (Å²) in [5.41, 5.74) is 6.88. The second-order valence-electron chi connectivity index (χ2n) is 5.56. The van der Waals surface area contributed by atoms with Crippen LogP contribution in [0, 0.1) is 23.5 Å². The van der Waals surface area contributed by atoms with Crippen molar-refractivity contribution in [1.29, 1.82) is 0 Å². The molecule has 3 rings (SSSR count). The summed E-state index contributed by atoms with van der Waals surface area (Å²) < 4.78 is 26.2.